The molecule has 154 valence electrons. The molecule has 3 heteroatoms. The van der Waals surface area contributed by atoms with E-state index in [4.69, 9.17) is 16.3 Å². The zero-order chi connectivity index (χ0) is 21.9. The minimum atomic E-state index is -0.391. The van der Waals surface area contributed by atoms with Crippen molar-refractivity contribution in [3.8, 4) is 11.1 Å². The summed E-state index contributed by atoms with van der Waals surface area (Å²) in [7, 11) is 1.39. The fraction of sp³-hybridized carbons (Fsp3) is 0.179. The molecule has 0 fully saturated rings. The van der Waals surface area contributed by atoms with Gasteiger partial charge < -0.3 is 4.74 Å². The number of esters is 1. The third kappa shape index (κ3) is 3.14. The predicted molar refractivity (Wildman–Crippen MR) is 131 cm³/mol. The van der Waals surface area contributed by atoms with Gasteiger partial charge in [0.05, 0.1) is 12.7 Å². The molecule has 0 atom stereocenters. The second-order valence-electron chi connectivity index (χ2n) is 9.12. The minimum absolute atomic E-state index is 0.0777. The molecular formula is C28H23ClO2. The van der Waals surface area contributed by atoms with Crippen LogP contribution >= 0.6 is 11.6 Å². The van der Waals surface area contributed by atoms with Crippen molar-refractivity contribution in [3.05, 3.63) is 82.9 Å². The Hall–Kier alpha value is -3.10. The number of benzene rings is 5. The highest BCUT2D eigenvalue weighted by atomic mass is 35.5. The topological polar surface area (TPSA) is 26.3 Å². The summed E-state index contributed by atoms with van der Waals surface area (Å²) in [6.45, 7) is 6.73. The molecule has 0 saturated carbocycles. The van der Waals surface area contributed by atoms with Crippen LogP contribution in [0.5, 0.6) is 0 Å². The molecule has 5 aromatic rings. The van der Waals surface area contributed by atoms with Crippen LogP contribution in [0.4, 0.5) is 0 Å². The van der Waals surface area contributed by atoms with E-state index in [1.165, 1.54) is 39.6 Å². The third-order valence-corrected chi connectivity index (χ3v) is 6.38. The number of ether oxygens (including phenoxy) is 1. The van der Waals surface area contributed by atoms with Gasteiger partial charge in [0.25, 0.3) is 0 Å². The minimum Gasteiger partial charge on any atom is -0.465 e. The van der Waals surface area contributed by atoms with Crippen LogP contribution in [0.25, 0.3) is 43.4 Å². The Bertz CT molecular complexity index is 1460. The van der Waals surface area contributed by atoms with Crippen LogP contribution in [0, 0.1) is 0 Å². The van der Waals surface area contributed by atoms with Crippen molar-refractivity contribution in [2.75, 3.05) is 7.11 Å². The van der Waals surface area contributed by atoms with Gasteiger partial charge in [0.2, 0.25) is 0 Å². The number of methoxy groups -OCH3 is 1. The van der Waals surface area contributed by atoms with E-state index in [1.807, 2.05) is 12.1 Å². The molecule has 0 aliphatic rings. The van der Waals surface area contributed by atoms with E-state index in [0.29, 0.717) is 10.6 Å². The molecule has 0 aromatic heterocycles. The van der Waals surface area contributed by atoms with E-state index in [2.05, 4.69) is 69.3 Å². The summed E-state index contributed by atoms with van der Waals surface area (Å²) in [6.07, 6.45) is 0. The fourth-order valence-corrected chi connectivity index (χ4v) is 4.69. The average molecular weight is 427 g/mol. The van der Waals surface area contributed by atoms with E-state index in [1.54, 1.807) is 6.07 Å². The van der Waals surface area contributed by atoms with Crippen molar-refractivity contribution in [2.24, 2.45) is 0 Å². The van der Waals surface area contributed by atoms with Gasteiger partial charge in [-0.15, -0.1) is 0 Å². The lowest BCUT2D eigenvalue weighted by molar-refractivity contribution is 0.0601. The second-order valence-corrected chi connectivity index (χ2v) is 9.56. The highest BCUT2D eigenvalue weighted by Gasteiger charge is 2.20. The lowest BCUT2D eigenvalue weighted by Gasteiger charge is -2.22. The molecule has 0 heterocycles. The van der Waals surface area contributed by atoms with E-state index in [-0.39, 0.29) is 5.41 Å². The number of carbonyl (C=O) groups excluding carboxylic acids is 1. The smallest absolute Gasteiger partial charge is 0.338 e. The van der Waals surface area contributed by atoms with Crippen molar-refractivity contribution in [3.63, 3.8) is 0 Å². The van der Waals surface area contributed by atoms with Crippen LogP contribution in [0.1, 0.15) is 36.7 Å². The van der Waals surface area contributed by atoms with Crippen LogP contribution in [-0.4, -0.2) is 13.1 Å². The first kappa shape index (κ1) is 19.8. The Balaban J connectivity index is 1.87. The molecular weight excluding hydrogens is 404 g/mol. The maximum atomic E-state index is 12.5. The molecule has 5 aromatic carbocycles. The van der Waals surface area contributed by atoms with Gasteiger partial charge in [0, 0.05) is 5.02 Å². The van der Waals surface area contributed by atoms with Gasteiger partial charge in [-0.1, -0.05) is 87.0 Å². The van der Waals surface area contributed by atoms with Gasteiger partial charge in [-0.3, -0.25) is 0 Å². The van der Waals surface area contributed by atoms with Gasteiger partial charge in [0.1, 0.15) is 0 Å². The molecule has 0 aliphatic heterocycles. The van der Waals surface area contributed by atoms with Crippen LogP contribution < -0.4 is 0 Å². The predicted octanol–water partition coefficient (Wildman–Crippen LogP) is 7.99. The summed E-state index contributed by atoms with van der Waals surface area (Å²) >= 11 is 6.19. The molecule has 0 amide bonds. The highest BCUT2D eigenvalue weighted by Crippen LogP contribution is 2.42. The van der Waals surface area contributed by atoms with E-state index in [9.17, 15) is 4.79 Å². The van der Waals surface area contributed by atoms with Crippen LogP contribution in [0.3, 0.4) is 0 Å². The maximum absolute atomic E-state index is 12.5. The van der Waals surface area contributed by atoms with Gasteiger partial charge in [-0.25, -0.2) is 4.79 Å². The molecule has 0 unspecified atom stereocenters. The standard InChI is InChI=1S/C28H23ClO2/c1-28(2,3)19-13-17-6-5-16-7-10-21(23-11-8-18(14-19)25(17)26(16)23)22-12-9-20(29)15-24(22)27(30)31-4/h5-15H,1-4H3. The van der Waals surface area contributed by atoms with Crippen molar-refractivity contribution >= 4 is 49.9 Å². The van der Waals surface area contributed by atoms with Crippen LogP contribution in [0.2, 0.25) is 5.02 Å². The first-order chi connectivity index (χ1) is 14.8. The molecule has 0 spiro atoms. The average Bonchev–Trinajstić information content (AvgIpc) is 2.76. The van der Waals surface area contributed by atoms with Crippen molar-refractivity contribution in [1.82, 2.24) is 0 Å². The summed E-state index contributed by atoms with van der Waals surface area (Å²) in [6, 6.07) is 23.0. The van der Waals surface area contributed by atoms with Gasteiger partial charge in [-0.05, 0) is 66.6 Å². The van der Waals surface area contributed by atoms with Crippen molar-refractivity contribution in [1.29, 1.82) is 0 Å². The van der Waals surface area contributed by atoms with E-state index in [0.717, 1.165) is 16.5 Å². The number of rotatable bonds is 2. The van der Waals surface area contributed by atoms with Gasteiger partial charge >= 0.3 is 5.97 Å². The van der Waals surface area contributed by atoms with Crippen molar-refractivity contribution in [2.45, 2.75) is 26.2 Å². The first-order valence-electron chi connectivity index (χ1n) is 10.4. The lowest BCUT2D eigenvalue weighted by Crippen LogP contribution is -2.10. The van der Waals surface area contributed by atoms with E-state index >= 15 is 0 Å². The Morgan fingerprint density at radius 3 is 2.06 bits per heavy atom. The highest BCUT2D eigenvalue weighted by molar-refractivity contribution is 6.31. The molecule has 2 nitrogen and oxygen atoms in total. The third-order valence-electron chi connectivity index (χ3n) is 6.14. The Morgan fingerprint density at radius 1 is 0.774 bits per heavy atom. The summed E-state index contributed by atoms with van der Waals surface area (Å²) in [4.78, 5) is 12.5. The number of hydrogen-bond donors (Lipinski definition) is 0. The Morgan fingerprint density at radius 2 is 1.39 bits per heavy atom. The fourth-order valence-electron chi connectivity index (χ4n) is 4.52. The SMILES string of the molecule is COC(=O)c1cc(Cl)ccc1-c1ccc2ccc3cc(C(C)(C)C)cc4ccc1c2c34. The first-order valence-corrected chi connectivity index (χ1v) is 10.8. The summed E-state index contributed by atoms with van der Waals surface area (Å²) in [5.41, 5.74) is 3.70. The summed E-state index contributed by atoms with van der Waals surface area (Å²) < 4.78 is 5.03. The zero-order valence-electron chi connectivity index (χ0n) is 18.0. The second kappa shape index (κ2) is 6.96. The normalized spacial score (nSPS) is 12.2. The van der Waals surface area contributed by atoms with E-state index < -0.39 is 5.97 Å². The largest absolute Gasteiger partial charge is 0.465 e. The monoisotopic (exact) mass is 426 g/mol. The van der Waals surface area contributed by atoms with Crippen LogP contribution in [-0.2, 0) is 10.2 Å². The van der Waals surface area contributed by atoms with Crippen molar-refractivity contribution < 1.29 is 9.53 Å². The number of halogens is 1. The van der Waals surface area contributed by atoms with Crippen LogP contribution in [0.15, 0.2) is 66.7 Å². The molecule has 0 radical (unpaired) electrons. The maximum Gasteiger partial charge on any atom is 0.338 e. The molecule has 31 heavy (non-hydrogen) atoms. The Kier molecular flexibility index (Phi) is 4.46. The number of carbonyl (C=O) groups is 1. The molecule has 5 rings (SSSR count). The molecule has 0 N–H and O–H groups in total. The zero-order valence-corrected chi connectivity index (χ0v) is 18.8. The summed E-state index contributed by atoms with van der Waals surface area (Å²) in [5.74, 6) is -0.391. The lowest BCUT2D eigenvalue weighted by atomic mass is 9.82. The molecule has 0 bridgehead atoms. The quantitative estimate of drug-likeness (QED) is 0.211. The van der Waals surface area contributed by atoms with Gasteiger partial charge in [0.15, 0.2) is 0 Å². The number of hydrogen-bond acceptors (Lipinski definition) is 2. The van der Waals surface area contributed by atoms with Gasteiger partial charge in [-0.2, -0.15) is 0 Å². The molecule has 0 aliphatic carbocycles. The molecule has 0 saturated heterocycles. The summed E-state index contributed by atoms with van der Waals surface area (Å²) in [5, 5.41) is 7.78. The Labute approximate surface area is 186 Å².